The normalized spacial score (nSPS) is 10.1. The average Bonchev–Trinajstić information content (AvgIpc) is 2.75. The van der Waals surface area contributed by atoms with E-state index in [0.717, 1.165) is 4.47 Å². The number of hydrogen-bond donors (Lipinski definition) is 1. The van der Waals surface area contributed by atoms with Gasteiger partial charge in [0.15, 0.2) is 5.82 Å². The van der Waals surface area contributed by atoms with E-state index in [-0.39, 0.29) is 5.91 Å². The van der Waals surface area contributed by atoms with Crippen LogP contribution < -0.4 is 5.32 Å². The first-order valence-electron chi connectivity index (χ1n) is 3.59. The summed E-state index contributed by atoms with van der Waals surface area (Å²) in [6, 6.07) is 1.83. The van der Waals surface area contributed by atoms with Gasteiger partial charge in [0.25, 0.3) is 5.91 Å². The summed E-state index contributed by atoms with van der Waals surface area (Å²) in [4.78, 5) is 12.2. The lowest BCUT2D eigenvalue weighted by Crippen LogP contribution is -2.10. The smallest absolute Gasteiger partial charge is 0.268 e. The molecule has 2 aromatic rings. The molecule has 4 nitrogen and oxygen atoms in total. The fourth-order valence-corrected chi connectivity index (χ4v) is 2.68. The van der Waals surface area contributed by atoms with Crippen molar-refractivity contribution in [3.63, 3.8) is 0 Å². The largest absolute Gasteiger partial charge is 0.304 e. The lowest BCUT2D eigenvalue weighted by molar-refractivity contribution is 0.102. The zero-order chi connectivity index (χ0) is 9.97. The first kappa shape index (κ1) is 9.75. The van der Waals surface area contributed by atoms with E-state index in [1.807, 2.05) is 11.4 Å². The van der Waals surface area contributed by atoms with Crippen LogP contribution in [0.2, 0.25) is 0 Å². The molecule has 0 spiro atoms. The van der Waals surface area contributed by atoms with Crippen molar-refractivity contribution in [1.82, 2.24) is 9.59 Å². The highest BCUT2D eigenvalue weighted by atomic mass is 79.9. The summed E-state index contributed by atoms with van der Waals surface area (Å²) in [6.45, 7) is 0. The summed E-state index contributed by atoms with van der Waals surface area (Å²) >= 11 is 5.86. The standard InChI is InChI=1S/C7H4BrN3OS2/c8-4-1-2-13-6(4)7(12)9-5-3-14-11-10-5/h1-3H,(H,9,12). The number of nitrogens with one attached hydrogen (secondary N) is 1. The number of amides is 1. The third-order valence-electron chi connectivity index (χ3n) is 1.43. The van der Waals surface area contributed by atoms with Crippen LogP contribution in [-0.2, 0) is 0 Å². The Morgan fingerprint density at radius 2 is 2.43 bits per heavy atom. The van der Waals surface area contributed by atoms with Crippen LogP contribution in [0.5, 0.6) is 0 Å². The molecule has 0 saturated carbocycles. The van der Waals surface area contributed by atoms with Crippen molar-refractivity contribution in [2.75, 3.05) is 5.32 Å². The molecule has 2 aromatic heterocycles. The van der Waals surface area contributed by atoms with Crippen molar-refractivity contribution in [3.05, 3.63) is 26.2 Å². The first-order valence-corrected chi connectivity index (χ1v) is 6.09. The van der Waals surface area contributed by atoms with Gasteiger partial charge in [-0.15, -0.1) is 16.4 Å². The van der Waals surface area contributed by atoms with Crippen molar-refractivity contribution >= 4 is 50.5 Å². The van der Waals surface area contributed by atoms with Gasteiger partial charge in [-0.2, -0.15) is 0 Å². The van der Waals surface area contributed by atoms with Crippen LogP contribution in [0.25, 0.3) is 0 Å². The van der Waals surface area contributed by atoms with Crippen molar-refractivity contribution < 1.29 is 4.79 Å². The summed E-state index contributed by atoms with van der Waals surface area (Å²) in [5, 5.41) is 9.89. The lowest BCUT2D eigenvalue weighted by Gasteiger charge is -1.98. The molecule has 0 unspecified atom stereocenters. The highest BCUT2D eigenvalue weighted by Gasteiger charge is 2.12. The van der Waals surface area contributed by atoms with Crippen LogP contribution in [0.4, 0.5) is 5.82 Å². The summed E-state index contributed by atoms with van der Waals surface area (Å²) in [6.07, 6.45) is 0. The van der Waals surface area contributed by atoms with E-state index in [9.17, 15) is 4.79 Å². The molecular formula is C7H4BrN3OS2. The second kappa shape index (κ2) is 4.16. The summed E-state index contributed by atoms with van der Waals surface area (Å²) in [7, 11) is 0. The molecular weight excluding hydrogens is 286 g/mol. The molecule has 0 aliphatic rings. The van der Waals surface area contributed by atoms with E-state index in [2.05, 4.69) is 30.8 Å². The second-order valence-corrected chi connectivity index (χ2v) is 4.72. The summed E-state index contributed by atoms with van der Waals surface area (Å²) in [5.74, 6) is 0.319. The maximum Gasteiger partial charge on any atom is 0.268 e. The lowest BCUT2D eigenvalue weighted by atomic mass is 10.4. The minimum Gasteiger partial charge on any atom is -0.304 e. The molecule has 0 aliphatic heterocycles. The van der Waals surface area contributed by atoms with E-state index in [0.29, 0.717) is 10.7 Å². The van der Waals surface area contributed by atoms with Crippen LogP contribution in [0, 0.1) is 0 Å². The van der Waals surface area contributed by atoms with E-state index < -0.39 is 0 Å². The maximum absolute atomic E-state index is 11.6. The fourth-order valence-electron chi connectivity index (χ4n) is 0.848. The number of halogens is 1. The zero-order valence-electron chi connectivity index (χ0n) is 6.73. The van der Waals surface area contributed by atoms with Gasteiger partial charge in [0.1, 0.15) is 4.88 Å². The van der Waals surface area contributed by atoms with Crippen molar-refractivity contribution in [3.8, 4) is 0 Å². The maximum atomic E-state index is 11.6. The fraction of sp³-hybridized carbons (Fsp3) is 0. The molecule has 0 aliphatic carbocycles. The third-order valence-corrected chi connectivity index (χ3v) is 3.77. The van der Waals surface area contributed by atoms with Crippen LogP contribution in [0.1, 0.15) is 9.67 Å². The van der Waals surface area contributed by atoms with E-state index in [1.165, 1.54) is 22.9 Å². The van der Waals surface area contributed by atoms with Gasteiger partial charge in [0.05, 0.1) is 5.38 Å². The number of anilines is 1. The van der Waals surface area contributed by atoms with Gasteiger partial charge in [0, 0.05) is 4.47 Å². The number of carbonyl (C=O) groups is 1. The number of thiophene rings is 1. The van der Waals surface area contributed by atoms with Gasteiger partial charge < -0.3 is 5.32 Å². The topological polar surface area (TPSA) is 54.9 Å². The quantitative estimate of drug-likeness (QED) is 0.925. The van der Waals surface area contributed by atoms with Gasteiger partial charge >= 0.3 is 0 Å². The molecule has 2 rings (SSSR count). The molecule has 1 N–H and O–H groups in total. The Labute approximate surface area is 96.3 Å². The first-order chi connectivity index (χ1) is 6.77. The average molecular weight is 290 g/mol. The van der Waals surface area contributed by atoms with E-state index in [1.54, 1.807) is 5.38 Å². The highest BCUT2D eigenvalue weighted by molar-refractivity contribution is 9.10. The molecule has 0 aromatic carbocycles. The minimum absolute atomic E-state index is 0.167. The molecule has 0 radical (unpaired) electrons. The molecule has 0 saturated heterocycles. The van der Waals surface area contributed by atoms with Crippen LogP contribution in [0.3, 0.4) is 0 Å². The van der Waals surface area contributed by atoms with Crippen LogP contribution in [-0.4, -0.2) is 15.5 Å². The van der Waals surface area contributed by atoms with Crippen molar-refractivity contribution in [1.29, 1.82) is 0 Å². The van der Waals surface area contributed by atoms with Gasteiger partial charge in [-0.3, -0.25) is 4.79 Å². The molecule has 0 bridgehead atoms. The molecule has 0 fully saturated rings. The highest BCUT2D eigenvalue weighted by Crippen LogP contribution is 2.23. The third kappa shape index (κ3) is 1.99. The zero-order valence-corrected chi connectivity index (χ0v) is 9.95. The van der Waals surface area contributed by atoms with Gasteiger partial charge in [0.2, 0.25) is 0 Å². The molecule has 0 atom stereocenters. The van der Waals surface area contributed by atoms with Gasteiger partial charge in [-0.1, -0.05) is 4.49 Å². The predicted octanol–water partition coefficient (Wildman–Crippen LogP) is 2.61. The van der Waals surface area contributed by atoms with Gasteiger partial charge in [-0.25, -0.2) is 0 Å². The summed E-state index contributed by atoms with van der Waals surface area (Å²) in [5.41, 5.74) is 0. The number of rotatable bonds is 2. The van der Waals surface area contributed by atoms with Crippen molar-refractivity contribution in [2.24, 2.45) is 0 Å². The Kier molecular flexibility index (Phi) is 2.90. The Hall–Kier alpha value is -0.790. The number of carbonyl (C=O) groups excluding carboxylic acids is 1. The summed E-state index contributed by atoms with van der Waals surface area (Å²) < 4.78 is 4.44. The molecule has 72 valence electrons. The van der Waals surface area contributed by atoms with Crippen LogP contribution in [0.15, 0.2) is 21.3 Å². The van der Waals surface area contributed by atoms with Gasteiger partial charge in [-0.05, 0) is 38.9 Å². The SMILES string of the molecule is O=C(Nc1csnn1)c1sccc1Br. The monoisotopic (exact) mass is 289 g/mol. The Balaban J connectivity index is 2.14. The Bertz CT molecular complexity index is 439. The molecule has 2 heterocycles. The Morgan fingerprint density at radius 3 is 3.00 bits per heavy atom. The Morgan fingerprint density at radius 1 is 1.57 bits per heavy atom. The molecule has 1 amide bonds. The molecule has 14 heavy (non-hydrogen) atoms. The van der Waals surface area contributed by atoms with E-state index >= 15 is 0 Å². The number of aromatic nitrogens is 2. The number of nitrogens with zero attached hydrogens (tertiary/aromatic N) is 2. The molecule has 7 heteroatoms. The second-order valence-electron chi connectivity index (χ2n) is 2.34. The van der Waals surface area contributed by atoms with E-state index in [4.69, 9.17) is 0 Å². The van der Waals surface area contributed by atoms with Crippen molar-refractivity contribution in [2.45, 2.75) is 0 Å². The predicted molar refractivity (Wildman–Crippen MR) is 59.9 cm³/mol. The van der Waals surface area contributed by atoms with Crippen LogP contribution >= 0.6 is 38.8 Å². The number of hydrogen-bond acceptors (Lipinski definition) is 5. The minimum atomic E-state index is -0.167.